The third-order valence-corrected chi connectivity index (χ3v) is 4.20. The fourth-order valence-electron chi connectivity index (χ4n) is 2.98. The van der Waals surface area contributed by atoms with E-state index in [1.165, 1.54) is 0 Å². The van der Waals surface area contributed by atoms with Gasteiger partial charge in [-0.3, -0.25) is 9.59 Å². The molecule has 1 spiro atoms. The van der Waals surface area contributed by atoms with Gasteiger partial charge in [0, 0.05) is 6.42 Å². The molecule has 3 heterocycles. The van der Waals surface area contributed by atoms with Gasteiger partial charge in [0.1, 0.15) is 6.10 Å². The molecule has 2 aliphatic heterocycles. The molecule has 0 bridgehead atoms. The minimum atomic E-state index is -0.603. The van der Waals surface area contributed by atoms with E-state index in [-0.39, 0.29) is 24.4 Å². The quantitative estimate of drug-likeness (QED) is 0.765. The van der Waals surface area contributed by atoms with Crippen LogP contribution in [0.1, 0.15) is 29.9 Å². The number of aromatic nitrogens is 2. The van der Waals surface area contributed by atoms with Crippen LogP contribution < -0.4 is 10.6 Å². The minimum Gasteiger partial charge on any atom is -0.460 e. The van der Waals surface area contributed by atoms with Crippen molar-refractivity contribution in [2.24, 2.45) is 5.41 Å². The lowest BCUT2D eigenvalue weighted by Gasteiger charge is -2.29. The van der Waals surface area contributed by atoms with Crippen molar-refractivity contribution in [1.29, 1.82) is 0 Å². The maximum Gasteiger partial charge on any atom is 0.312 e. The molecule has 2 fully saturated rings. The summed E-state index contributed by atoms with van der Waals surface area (Å²) in [6.07, 6.45) is 3.66. The molecule has 1 amide bonds. The van der Waals surface area contributed by atoms with E-state index in [0.717, 1.165) is 38.3 Å². The van der Waals surface area contributed by atoms with Gasteiger partial charge in [-0.15, -0.1) is 0 Å². The van der Waals surface area contributed by atoms with Crippen LogP contribution >= 0.6 is 0 Å². The second kappa shape index (κ2) is 5.96. The van der Waals surface area contributed by atoms with Crippen LogP contribution in [0.2, 0.25) is 0 Å². The van der Waals surface area contributed by atoms with Crippen molar-refractivity contribution < 1.29 is 18.7 Å². The molecule has 2 saturated heterocycles. The zero-order chi connectivity index (χ0) is 15.6. The van der Waals surface area contributed by atoms with Crippen LogP contribution in [0.4, 0.5) is 4.39 Å². The highest BCUT2D eigenvalue weighted by molar-refractivity contribution is 5.90. The number of esters is 1. The van der Waals surface area contributed by atoms with Crippen LogP contribution in [0.5, 0.6) is 0 Å². The number of ether oxygens (including phenoxy) is 1. The summed E-state index contributed by atoms with van der Waals surface area (Å²) in [5.41, 5.74) is -0.410. The highest BCUT2D eigenvalue weighted by Crippen LogP contribution is 2.41. The van der Waals surface area contributed by atoms with Crippen molar-refractivity contribution >= 4 is 11.9 Å². The van der Waals surface area contributed by atoms with E-state index in [1.54, 1.807) is 0 Å². The third kappa shape index (κ3) is 2.92. The lowest BCUT2D eigenvalue weighted by atomic mass is 9.76. The summed E-state index contributed by atoms with van der Waals surface area (Å²) in [4.78, 5) is 31.2. The van der Waals surface area contributed by atoms with E-state index < -0.39 is 17.1 Å². The van der Waals surface area contributed by atoms with Crippen molar-refractivity contribution in [1.82, 2.24) is 20.6 Å². The second-order valence-electron chi connectivity index (χ2n) is 5.70. The zero-order valence-corrected chi connectivity index (χ0v) is 12.0. The van der Waals surface area contributed by atoms with Crippen molar-refractivity contribution in [3.8, 4) is 0 Å². The molecule has 22 heavy (non-hydrogen) atoms. The van der Waals surface area contributed by atoms with Gasteiger partial charge < -0.3 is 15.4 Å². The Bertz CT molecular complexity index is 572. The average Bonchev–Trinajstić information content (AvgIpc) is 2.82. The summed E-state index contributed by atoms with van der Waals surface area (Å²) in [6, 6.07) is 0. The standard InChI is InChI=1S/C14H17FN4O3/c15-9-6-17-11(18-7-9)12(20)19-8-10-5-14(13(21)22-10)1-3-16-4-2-14/h6-7,10,16H,1-5,8H2,(H,19,20). The number of nitrogens with one attached hydrogen (secondary N) is 2. The summed E-state index contributed by atoms with van der Waals surface area (Å²) < 4.78 is 18.1. The van der Waals surface area contributed by atoms with Crippen molar-refractivity contribution in [2.45, 2.75) is 25.4 Å². The normalized spacial score (nSPS) is 23.3. The molecule has 7 nitrogen and oxygen atoms in total. The number of piperidine rings is 1. The first-order valence-electron chi connectivity index (χ1n) is 7.27. The van der Waals surface area contributed by atoms with Crippen LogP contribution in [0.25, 0.3) is 0 Å². The number of amides is 1. The summed E-state index contributed by atoms with van der Waals surface area (Å²) in [5.74, 6) is -1.40. The number of hydrogen-bond donors (Lipinski definition) is 2. The maximum atomic E-state index is 12.7. The molecule has 1 atom stereocenters. The van der Waals surface area contributed by atoms with E-state index >= 15 is 0 Å². The third-order valence-electron chi connectivity index (χ3n) is 4.20. The molecule has 1 aromatic rings. The SMILES string of the molecule is O=C(NCC1CC2(CCNCC2)C(=O)O1)c1ncc(F)cn1. The molecule has 0 saturated carbocycles. The van der Waals surface area contributed by atoms with Gasteiger partial charge in [-0.05, 0) is 25.9 Å². The van der Waals surface area contributed by atoms with Crippen LogP contribution in [0.3, 0.4) is 0 Å². The number of hydrogen-bond acceptors (Lipinski definition) is 6. The Hall–Kier alpha value is -2.09. The number of halogens is 1. The topological polar surface area (TPSA) is 93.2 Å². The Labute approximate surface area is 126 Å². The molecule has 118 valence electrons. The van der Waals surface area contributed by atoms with Crippen molar-refractivity contribution in [3.63, 3.8) is 0 Å². The van der Waals surface area contributed by atoms with E-state index in [2.05, 4.69) is 20.6 Å². The monoisotopic (exact) mass is 308 g/mol. The van der Waals surface area contributed by atoms with Crippen LogP contribution in [0.15, 0.2) is 12.4 Å². The highest BCUT2D eigenvalue weighted by Gasteiger charge is 2.49. The van der Waals surface area contributed by atoms with Crippen molar-refractivity contribution in [3.05, 3.63) is 24.0 Å². The van der Waals surface area contributed by atoms with Crippen molar-refractivity contribution in [2.75, 3.05) is 19.6 Å². The fourth-order valence-corrected chi connectivity index (χ4v) is 2.98. The molecular formula is C14H17FN4O3. The van der Waals surface area contributed by atoms with Gasteiger partial charge in [0.15, 0.2) is 5.82 Å². The molecule has 3 rings (SSSR count). The lowest BCUT2D eigenvalue weighted by Crippen LogP contribution is -2.40. The van der Waals surface area contributed by atoms with Gasteiger partial charge in [0.2, 0.25) is 5.82 Å². The van der Waals surface area contributed by atoms with Gasteiger partial charge in [-0.25, -0.2) is 14.4 Å². The summed E-state index contributed by atoms with van der Waals surface area (Å²) in [6.45, 7) is 1.82. The van der Waals surface area contributed by atoms with Gasteiger partial charge in [-0.1, -0.05) is 0 Å². The minimum absolute atomic E-state index is 0.109. The zero-order valence-electron chi connectivity index (χ0n) is 12.0. The van der Waals surface area contributed by atoms with Gasteiger partial charge >= 0.3 is 5.97 Å². The number of rotatable bonds is 3. The molecule has 2 aliphatic rings. The molecule has 2 N–H and O–H groups in total. The van der Waals surface area contributed by atoms with E-state index in [0.29, 0.717) is 6.42 Å². The first kappa shape index (κ1) is 14.8. The molecular weight excluding hydrogens is 291 g/mol. The van der Waals surface area contributed by atoms with Crippen LogP contribution in [-0.2, 0) is 9.53 Å². The second-order valence-corrected chi connectivity index (χ2v) is 5.70. The highest BCUT2D eigenvalue weighted by atomic mass is 19.1. The van der Waals surface area contributed by atoms with E-state index in [9.17, 15) is 14.0 Å². The Balaban J connectivity index is 1.55. The van der Waals surface area contributed by atoms with Gasteiger partial charge in [-0.2, -0.15) is 0 Å². The first-order chi connectivity index (χ1) is 10.6. The smallest absolute Gasteiger partial charge is 0.312 e. The fraction of sp³-hybridized carbons (Fsp3) is 0.571. The number of nitrogens with zero attached hydrogens (tertiary/aromatic N) is 2. The predicted octanol–water partition coefficient (Wildman–Crippen LogP) is 0.0308. The Morgan fingerprint density at radius 1 is 1.41 bits per heavy atom. The molecule has 1 aromatic heterocycles. The summed E-state index contributed by atoms with van der Waals surface area (Å²) >= 11 is 0. The number of carbonyl (C=O) groups is 2. The maximum absolute atomic E-state index is 12.7. The lowest BCUT2D eigenvalue weighted by molar-refractivity contribution is -0.149. The first-order valence-corrected chi connectivity index (χ1v) is 7.27. The Morgan fingerprint density at radius 2 is 2.09 bits per heavy atom. The van der Waals surface area contributed by atoms with Gasteiger partial charge in [0.25, 0.3) is 5.91 Å². The summed E-state index contributed by atoms with van der Waals surface area (Å²) in [7, 11) is 0. The van der Waals surface area contributed by atoms with Crippen LogP contribution in [0, 0.1) is 11.2 Å². The molecule has 0 aromatic carbocycles. The van der Waals surface area contributed by atoms with Crippen LogP contribution in [-0.4, -0.2) is 47.6 Å². The summed E-state index contributed by atoms with van der Waals surface area (Å²) in [5, 5.41) is 5.85. The van der Waals surface area contributed by atoms with E-state index in [4.69, 9.17) is 4.74 Å². The Morgan fingerprint density at radius 3 is 2.77 bits per heavy atom. The molecule has 0 radical (unpaired) electrons. The Kier molecular flexibility index (Phi) is 4.02. The largest absolute Gasteiger partial charge is 0.460 e. The van der Waals surface area contributed by atoms with E-state index in [1.807, 2.05) is 0 Å². The molecule has 8 heteroatoms. The molecule has 0 aliphatic carbocycles. The number of carbonyl (C=O) groups excluding carboxylic acids is 2. The average molecular weight is 308 g/mol. The molecule has 1 unspecified atom stereocenters. The van der Waals surface area contributed by atoms with Gasteiger partial charge in [0.05, 0.1) is 24.4 Å². The predicted molar refractivity (Wildman–Crippen MR) is 73.4 cm³/mol. The number of cyclic esters (lactones) is 1.